The SMILES string of the molecule is O=S1(=O)CCCN(c2ccc(CBr)cc2Cl)CC1. The third kappa shape index (κ3) is 3.39. The van der Waals surface area contributed by atoms with Crippen LogP contribution in [0.5, 0.6) is 0 Å². The molecule has 1 saturated heterocycles. The van der Waals surface area contributed by atoms with E-state index in [0.29, 0.717) is 18.0 Å². The molecule has 0 N–H and O–H groups in total. The number of hydrogen-bond acceptors (Lipinski definition) is 3. The Morgan fingerprint density at radius 3 is 2.72 bits per heavy atom. The van der Waals surface area contributed by atoms with Gasteiger partial charge in [0.2, 0.25) is 0 Å². The summed E-state index contributed by atoms with van der Waals surface area (Å²) < 4.78 is 23.1. The maximum absolute atomic E-state index is 11.6. The normalized spacial score (nSPS) is 19.6. The fourth-order valence-corrected chi connectivity index (χ4v) is 4.01. The number of rotatable bonds is 2. The van der Waals surface area contributed by atoms with Crippen LogP contribution in [0.1, 0.15) is 12.0 Å². The standard InChI is InChI=1S/C12H15BrClNO2S/c13-9-10-2-3-12(11(14)8-10)15-4-1-6-18(16,17)7-5-15/h2-3,8H,1,4-7,9H2. The molecular weight excluding hydrogens is 338 g/mol. The summed E-state index contributed by atoms with van der Waals surface area (Å²) >= 11 is 9.64. The van der Waals surface area contributed by atoms with Crippen LogP contribution in [0.3, 0.4) is 0 Å². The highest BCUT2D eigenvalue weighted by molar-refractivity contribution is 9.08. The van der Waals surface area contributed by atoms with Crippen LogP contribution in [0.25, 0.3) is 0 Å². The van der Waals surface area contributed by atoms with Gasteiger partial charge in [-0.15, -0.1) is 0 Å². The molecule has 0 aliphatic carbocycles. The average Bonchev–Trinajstić information content (AvgIpc) is 2.50. The van der Waals surface area contributed by atoms with Gasteiger partial charge in [0.15, 0.2) is 9.84 Å². The molecule has 6 heteroatoms. The van der Waals surface area contributed by atoms with Gasteiger partial charge >= 0.3 is 0 Å². The molecule has 0 bridgehead atoms. The van der Waals surface area contributed by atoms with E-state index in [1.165, 1.54) is 0 Å². The van der Waals surface area contributed by atoms with E-state index in [9.17, 15) is 8.42 Å². The number of anilines is 1. The lowest BCUT2D eigenvalue weighted by Gasteiger charge is -2.23. The van der Waals surface area contributed by atoms with Crippen LogP contribution in [0.15, 0.2) is 18.2 Å². The van der Waals surface area contributed by atoms with E-state index in [1.54, 1.807) is 0 Å². The Morgan fingerprint density at radius 1 is 1.28 bits per heavy atom. The molecule has 0 atom stereocenters. The Morgan fingerprint density at radius 2 is 2.06 bits per heavy atom. The monoisotopic (exact) mass is 351 g/mol. The Hall–Kier alpha value is -0.260. The zero-order valence-corrected chi connectivity index (χ0v) is 13.1. The molecule has 1 aromatic rings. The summed E-state index contributed by atoms with van der Waals surface area (Å²) in [7, 11) is -2.88. The van der Waals surface area contributed by atoms with Crippen molar-refractivity contribution in [1.82, 2.24) is 0 Å². The van der Waals surface area contributed by atoms with E-state index < -0.39 is 9.84 Å². The van der Waals surface area contributed by atoms with E-state index in [2.05, 4.69) is 20.8 Å². The molecule has 1 aliphatic heterocycles. The van der Waals surface area contributed by atoms with Crippen molar-refractivity contribution in [1.29, 1.82) is 0 Å². The second-order valence-corrected chi connectivity index (χ2v) is 7.68. The highest BCUT2D eigenvalue weighted by atomic mass is 79.9. The van der Waals surface area contributed by atoms with Gasteiger partial charge < -0.3 is 4.90 Å². The largest absolute Gasteiger partial charge is 0.369 e. The van der Waals surface area contributed by atoms with Crippen molar-refractivity contribution >= 4 is 43.1 Å². The lowest BCUT2D eigenvalue weighted by atomic mass is 10.2. The number of halogens is 2. The Labute approximate surface area is 121 Å². The molecule has 0 unspecified atom stereocenters. The molecule has 1 aliphatic rings. The molecule has 18 heavy (non-hydrogen) atoms. The van der Waals surface area contributed by atoms with Gasteiger partial charge in [-0.25, -0.2) is 8.42 Å². The predicted molar refractivity (Wildman–Crippen MR) is 79.6 cm³/mol. The zero-order chi connectivity index (χ0) is 13.2. The third-order valence-electron chi connectivity index (χ3n) is 3.06. The summed E-state index contributed by atoms with van der Waals surface area (Å²) in [5.74, 6) is 0.490. The molecule has 2 rings (SSSR count). The molecule has 0 radical (unpaired) electrons. The van der Waals surface area contributed by atoms with Crippen molar-refractivity contribution in [3.05, 3.63) is 28.8 Å². The first-order valence-corrected chi connectivity index (χ1v) is 9.14. The number of sulfone groups is 1. The van der Waals surface area contributed by atoms with E-state index in [0.717, 1.165) is 23.1 Å². The molecule has 1 aromatic carbocycles. The molecule has 100 valence electrons. The smallest absolute Gasteiger partial charge is 0.152 e. The van der Waals surface area contributed by atoms with Crippen LogP contribution in [0.2, 0.25) is 5.02 Å². The molecule has 1 heterocycles. The molecule has 1 fully saturated rings. The first-order valence-electron chi connectivity index (χ1n) is 5.81. The highest BCUT2D eigenvalue weighted by Gasteiger charge is 2.20. The Kier molecular flexibility index (Phi) is 4.56. The van der Waals surface area contributed by atoms with Crippen molar-refractivity contribution in [3.8, 4) is 0 Å². The maximum Gasteiger partial charge on any atom is 0.152 e. The van der Waals surface area contributed by atoms with E-state index in [1.807, 2.05) is 18.2 Å². The molecule has 0 aromatic heterocycles. The number of alkyl halides is 1. The summed E-state index contributed by atoms with van der Waals surface area (Å²) in [5.41, 5.74) is 2.05. The van der Waals surface area contributed by atoms with Gasteiger partial charge in [-0.1, -0.05) is 33.6 Å². The number of hydrogen-bond donors (Lipinski definition) is 0. The molecule has 3 nitrogen and oxygen atoms in total. The second-order valence-electron chi connectivity index (χ2n) is 4.41. The molecule has 0 saturated carbocycles. The van der Waals surface area contributed by atoms with Crippen LogP contribution < -0.4 is 4.90 Å². The molecule has 0 spiro atoms. The minimum absolute atomic E-state index is 0.212. The van der Waals surface area contributed by atoms with Crippen molar-refractivity contribution in [3.63, 3.8) is 0 Å². The van der Waals surface area contributed by atoms with Gasteiger partial charge in [-0.3, -0.25) is 0 Å². The topological polar surface area (TPSA) is 37.4 Å². The molecular formula is C12H15BrClNO2S. The summed E-state index contributed by atoms with van der Waals surface area (Å²) in [6.45, 7) is 1.27. The van der Waals surface area contributed by atoms with Gasteiger partial charge in [0.05, 0.1) is 22.2 Å². The van der Waals surface area contributed by atoms with Crippen LogP contribution >= 0.6 is 27.5 Å². The minimum atomic E-state index is -2.88. The van der Waals surface area contributed by atoms with Crippen LogP contribution in [-0.2, 0) is 15.2 Å². The zero-order valence-electron chi connectivity index (χ0n) is 9.90. The lowest BCUT2D eigenvalue weighted by molar-refractivity contribution is 0.597. The fraction of sp³-hybridized carbons (Fsp3) is 0.500. The van der Waals surface area contributed by atoms with E-state index >= 15 is 0 Å². The summed E-state index contributed by atoms with van der Waals surface area (Å²) in [6.07, 6.45) is 0.666. The van der Waals surface area contributed by atoms with Gasteiger partial charge in [0.1, 0.15) is 0 Å². The van der Waals surface area contributed by atoms with Gasteiger partial charge in [-0.2, -0.15) is 0 Å². The van der Waals surface area contributed by atoms with Gasteiger partial charge in [-0.05, 0) is 24.1 Å². The van der Waals surface area contributed by atoms with E-state index in [4.69, 9.17) is 11.6 Å². The first kappa shape index (κ1) is 14.2. The van der Waals surface area contributed by atoms with Crippen molar-refractivity contribution < 1.29 is 8.42 Å². The third-order valence-corrected chi connectivity index (χ3v) is 5.73. The number of benzene rings is 1. The van der Waals surface area contributed by atoms with E-state index in [-0.39, 0.29) is 11.5 Å². The van der Waals surface area contributed by atoms with Crippen LogP contribution in [0, 0.1) is 0 Å². The maximum atomic E-state index is 11.6. The van der Waals surface area contributed by atoms with Gasteiger partial charge in [0, 0.05) is 18.4 Å². The average molecular weight is 353 g/mol. The van der Waals surface area contributed by atoms with Crippen LogP contribution in [-0.4, -0.2) is 33.0 Å². The molecule has 0 amide bonds. The Balaban J connectivity index is 2.21. The quantitative estimate of drug-likeness (QED) is 0.768. The lowest BCUT2D eigenvalue weighted by Crippen LogP contribution is -2.26. The fourth-order valence-electron chi connectivity index (χ4n) is 2.07. The van der Waals surface area contributed by atoms with Gasteiger partial charge in [0.25, 0.3) is 0 Å². The van der Waals surface area contributed by atoms with Crippen LogP contribution in [0.4, 0.5) is 5.69 Å². The predicted octanol–water partition coefficient (Wildman–Crippen LogP) is 2.86. The van der Waals surface area contributed by atoms with Crippen molar-refractivity contribution in [2.75, 3.05) is 29.5 Å². The van der Waals surface area contributed by atoms with Crippen molar-refractivity contribution in [2.24, 2.45) is 0 Å². The number of nitrogens with zero attached hydrogens (tertiary/aromatic N) is 1. The summed E-state index contributed by atoms with van der Waals surface area (Å²) in [5, 5.41) is 1.45. The summed E-state index contributed by atoms with van der Waals surface area (Å²) in [4.78, 5) is 2.06. The van der Waals surface area contributed by atoms with Crippen molar-refractivity contribution in [2.45, 2.75) is 11.8 Å². The highest BCUT2D eigenvalue weighted by Crippen LogP contribution is 2.28. The minimum Gasteiger partial charge on any atom is -0.369 e. The summed E-state index contributed by atoms with van der Waals surface area (Å²) in [6, 6.07) is 5.90. The Bertz CT molecular complexity index is 533. The second kappa shape index (κ2) is 5.80. The first-order chi connectivity index (χ1) is 8.52.